The number of anilines is 1. The van der Waals surface area contributed by atoms with Gasteiger partial charge < -0.3 is 5.32 Å². The van der Waals surface area contributed by atoms with Crippen LogP contribution in [0.1, 0.15) is 18.1 Å². The lowest BCUT2D eigenvalue weighted by atomic mass is 10.0. The number of rotatable bonds is 5. The minimum Gasteiger partial charge on any atom is -0.376 e. The van der Waals surface area contributed by atoms with Crippen LogP contribution in [0.25, 0.3) is 10.8 Å². The van der Waals surface area contributed by atoms with Gasteiger partial charge in [-0.3, -0.25) is 4.79 Å². The summed E-state index contributed by atoms with van der Waals surface area (Å²) < 4.78 is 0. The number of aryl methyl sites for hydroxylation is 1. The molecule has 0 aliphatic heterocycles. The lowest BCUT2D eigenvalue weighted by molar-refractivity contribution is -0.119. The monoisotopic (exact) mass is 331 g/mol. The van der Waals surface area contributed by atoms with Gasteiger partial charge >= 0.3 is 0 Å². The zero-order valence-corrected chi connectivity index (χ0v) is 14.4. The highest BCUT2D eigenvalue weighted by Crippen LogP contribution is 2.16. The van der Waals surface area contributed by atoms with Crippen LogP contribution in [0.4, 0.5) is 5.69 Å². The number of nitrogens with zero attached hydrogens (tertiary/aromatic N) is 1. The number of hydrogen-bond donors (Lipinski definition) is 2. The summed E-state index contributed by atoms with van der Waals surface area (Å²) in [4.78, 5) is 12.0. The highest BCUT2D eigenvalue weighted by molar-refractivity contribution is 6.02. The number of carbonyl (C=O) groups is 1. The van der Waals surface area contributed by atoms with Crippen molar-refractivity contribution in [3.05, 3.63) is 77.9 Å². The summed E-state index contributed by atoms with van der Waals surface area (Å²) in [6.45, 7) is 4.07. The van der Waals surface area contributed by atoms with E-state index >= 15 is 0 Å². The van der Waals surface area contributed by atoms with Crippen molar-refractivity contribution in [1.29, 1.82) is 0 Å². The first-order valence-corrected chi connectivity index (χ1v) is 8.25. The molecule has 1 amide bonds. The SMILES string of the molecule is C/C(=N/NC(=O)CNc1ccccc1C)c1ccc2ccccc2c1. The predicted octanol–water partition coefficient (Wildman–Crippen LogP) is 4.10. The fourth-order valence-electron chi connectivity index (χ4n) is 2.61. The molecular formula is C21H21N3O. The number of amides is 1. The molecule has 0 atom stereocenters. The third kappa shape index (κ3) is 4.23. The molecule has 4 nitrogen and oxygen atoms in total. The van der Waals surface area contributed by atoms with Gasteiger partial charge in [0, 0.05) is 5.69 Å². The van der Waals surface area contributed by atoms with Crippen molar-refractivity contribution in [3.8, 4) is 0 Å². The molecular weight excluding hydrogens is 310 g/mol. The molecule has 0 saturated heterocycles. The van der Waals surface area contributed by atoms with Crippen LogP contribution in [0.3, 0.4) is 0 Å². The predicted molar refractivity (Wildman–Crippen MR) is 104 cm³/mol. The first-order chi connectivity index (χ1) is 12.1. The smallest absolute Gasteiger partial charge is 0.259 e. The summed E-state index contributed by atoms with van der Waals surface area (Å²) in [6, 6.07) is 22.2. The summed E-state index contributed by atoms with van der Waals surface area (Å²) >= 11 is 0. The summed E-state index contributed by atoms with van der Waals surface area (Å²) in [5, 5.41) is 9.67. The van der Waals surface area contributed by atoms with E-state index < -0.39 is 0 Å². The summed E-state index contributed by atoms with van der Waals surface area (Å²) in [7, 11) is 0. The lowest BCUT2D eigenvalue weighted by Gasteiger charge is -2.08. The highest BCUT2D eigenvalue weighted by atomic mass is 16.2. The second-order valence-corrected chi connectivity index (χ2v) is 5.96. The van der Waals surface area contributed by atoms with Gasteiger partial charge in [-0.15, -0.1) is 0 Å². The Bertz CT molecular complexity index is 931. The van der Waals surface area contributed by atoms with Crippen LogP contribution < -0.4 is 10.7 Å². The molecule has 0 radical (unpaired) electrons. The van der Waals surface area contributed by atoms with E-state index in [4.69, 9.17) is 0 Å². The number of hydrogen-bond acceptors (Lipinski definition) is 3. The first kappa shape index (κ1) is 16.7. The molecule has 2 N–H and O–H groups in total. The van der Waals surface area contributed by atoms with Crippen LogP contribution in [0.15, 0.2) is 71.8 Å². The fraction of sp³-hybridized carbons (Fsp3) is 0.143. The largest absolute Gasteiger partial charge is 0.376 e. The van der Waals surface area contributed by atoms with Crippen molar-refractivity contribution < 1.29 is 4.79 Å². The first-order valence-electron chi connectivity index (χ1n) is 8.25. The zero-order valence-electron chi connectivity index (χ0n) is 14.4. The molecule has 126 valence electrons. The Labute approximate surface area is 147 Å². The molecule has 3 aromatic carbocycles. The van der Waals surface area contributed by atoms with Gasteiger partial charge in [0.2, 0.25) is 0 Å². The third-order valence-corrected chi connectivity index (χ3v) is 4.10. The molecule has 0 unspecified atom stereocenters. The molecule has 3 rings (SSSR count). The van der Waals surface area contributed by atoms with Gasteiger partial charge in [-0.25, -0.2) is 5.43 Å². The van der Waals surface area contributed by atoms with E-state index in [1.807, 2.05) is 56.3 Å². The fourth-order valence-corrected chi connectivity index (χ4v) is 2.61. The molecule has 4 heteroatoms. The highest BCUT2D eigenvalue weighted by Gasteiger charge is 2.03. The molecule has 0 saturated carbocycles. The number of nitrogens with one attached hydrogen (secondary N) is 2. The van der Waals surface area contributed by atoms with Crippen molar-refractivity contribution in [3.63, 3.8) is 0 Å². The van der Waals surface area contributed by atoms with Crippen LogP contribution in [0, 0.1) is 6.92 Å². The molecule has 0 aliphatic rings. The van der Waals surface area contributed by atoms with Crippen molar-refractivity contribution in [2.45, 2.75) is 13.8 Å². The van der Waals surface area contributed by atoms with Crippen molar-refractivity contribution in [1.82, 2.24) is 5.43 Å². The third-order valence-electron chi connectivity index (χ3n) is 4.10. The normalized spacial score (nSPS) is 11.4. The van der Waals surface area contributed by atoms with Crippen LogP contribution in [0.5, 0.6) is 0 Å². The van der Waals surface area contributed by atoms with Crippen molar-refractivity contribution in [2.75, 3.05) is 11.9 Å². The maximum atomic E-state index is 12.0. The quantitative estimate of drug-likeness (QED) is 0.546. The molecule has 0 aliphatic carbocycles. The Kier molecular flexibility index (Phi) is 5.09. The summed E-state index contributed by atoms with van der Waals surface area (Å²) in [5.74, 6) is -0.177. The van der Waals surface area contributed by atoms with E-state index in [1.165, 1.54) is 5.39 Å². The molecule has 0 fully saturated rings. The molecule has 0 heterocycles. The molecule has 3 aromatic rings. The Morgan fingerprint density at radius 1 is 0.960 bits per heavy atom. The number of hydrazone groups is 1. The second kappa shape index (κ2) is 7.62. The van der Waals surface area contributed by atoms with Crippen molar-refractivity contribution in [2.24, 2.45) is 5.10 Å². The van der Waals surface area contributed by atoms with Crippen LogP contribution in [-0.4, -0.2) is 18.2 Å². The Hall–Kier alpha value is -3.14. The van der Waals surface area contributed by atoms with E-state index in [1.54, 1.807) is 0 Å². The lowest BCUT2D eigenvalue weighted by Crippen LogP contribution is -2.27. The van der Waals surface area contributed by atoms with E-state index in [0.29, 0.717) is 0 Å². The van der Waals surface area contributed by atoms with E-state index in [2.05, 4.69) is 40.1 Å². The van der Waals surface area contributed by atoms with Gasteiger partial charge in [-0.2, -0.15) is 5.10 Å². The van der Waals surface area contributed by atoms with Gasteiger partial charge in [0.05, 0.1) is 12.3 Å². The number of benzene rings is 3. The standard InChI is InChI=1S/C21H21N3O/c1-15-7-3-6-10-20(15)22-14-21(25)24-23-16(2)18-12-11-17-8-4-5-9-19(17)13-18/h3-13,22H,14H2,1-2H3,(H,24,25)/b23-16-. The van der Waals surface area contributed by atoms with Gasteiger partial charge in [-0.1, -0.05) is 54.6 Å². The van der Waals surface area contributed by atoms with Crippen LogP contribution in [-0.2, 0) is 4.79 Å². The maximum Gasteiger partial charge on any atom is 0.259 e. The van der Waals surface area contributed by atoms with E-state index in [0.717, 1.165) is 27.9 Å². The Morgan fingerprint density at radius 3 is 2.48 bits per heavy atom. The topological polar surface area (TPSA) is 53.5 Å². The van der Waals surface area contributed by atoms with E-state index in [9.17, 15) is 4.79 Å². The number of carbonyl (C=O) groups excluding carboxylic acids is 1. The maximum absolute atomic E-state index is 12.0. The average molecular weight is 331 g/mol. The van der Waals surface area contributed by atoms with Gasteiger partial charge in [0.25, 0.3) is 5.91 Å². The Balaban J connectivity index is 1.62. The minimum absolute atomic E-state index is 0.177. The average Bonchev–Trinajstić information content (AvgIpc) is 2.65. The Morgan fingerprint density at radius 2 is 1.68 bits per heavy atom. The van der Waals surface area contributed by atoms with Gasteiger partial charge in [0.1, 0.15) is 0 Å². The number of fused-ring (bicyclic) bond motifs is 1. The number of para-hydroxylation sites is 1. The summed E-state index contributed by atoms with van der Waals surface area (Å²) in [5.41, 5.74) is 6.42. The molecule has 0 aromatic heterocycles. The summed E-state index contributed by atoms with van der Waals surface area (Å²) in [6.07, 6.45) is 0. The van der Waals surface area contributed by atoms with Gasteiger partial charge in [-0.05, 0) is 47.9 Å². The van der Waals surface area contributed by atoms with Crippen LogP contribution in [0.2, 0.25) is 0 Å². The van der Waals surface area contributed by atoms with Crippen molar-refractivity contribution >= 4 is 28.1 Å². The second-order valence-electron chi connectivity index (χ2n) is 5.96. The van der Waals surface area contributed by atoms with E-state index in [-0.39, 0.29) is 12.5 Å². The minimum atomic E-state index is -0.177. The molecule has 25 heavy (non-hydrogen) atoms. The molecule has 0 bridgehead atoms. The van der Waals surface area contributed by atoms with Gasteiger partial charge in [0.15, 0.2) is 0 Å². The molecule has 0 spiro atoms. The zero-order chi connectivity index (χ0) is 17.6. The van der Waals surface area contributed by atoms with Crippen LogP contribution >= 0.6 is 0 Å².